The minimum Gasteiger partial charge on any atom is -0.312 e. The predicted octanol–water partition coefficient (Wildman–Crippen LogP) is 1.08. The molecular weight excluding hydrogens is 148 g/mol. The Morgan fingerprint density at radius 3 is 2.58 bits per heavy atom. The van der Waals surface area contributed by atoms with Gasteiger partial charge in [0.1, 0.15) is 0 Å². The summed E-state index contributed by atoms with van der Waals surface area (Å²) in [6, 6.07) is 0.854. The van der Waals surface area contributed by atoms with Crippen molar-refractivity contribution in [1.82, 2.24) is 10.2 Å². The molecule has 2 nitrogen and oxygen atoms in total. The molecule has 1 saturated carbocycles. The zero-order chi connectivity index (χ0) is 8.39. The summed E-state index contributed by atoms with van der Waals surface area (Å²) < 4.78 is 0. The van der Waals surface area contributed by atoms with E-state index < -0.39 is 0 Å². The van der Waals surface area contributed by atoms with E-state index in [1.54, 1.807) is 0 Å². The topological polar surface area (TPSA) is 15.3 Å². The highest BCUT2D eigenvalue weighted by Crippen LogP contribution is 2.28. The van der Waals surface area contributed by atoms with Crippen LogP contribution in [0.4, 0.5) is 0 Å². The van der Waals surface area contributed by atoms with Gasteiger partial charge in [-0.25, -0.2) is 0 Å². The molecule has 2 heteroatoms. The molecule has 1 N–H and O–H groups in total. The highest BCUT2D eigenvalue weighted by Gasteiger charge is 2.31. The van der Waals surface area contributed by atoms with E-state index in [2.05, 4.69) is 17.1 Å². The lowest BCUT2D eigenvalue weighted by atomic mass is 10.4. The number of hydrogen-bond acceptors (Lipinski definition) is 2. The first kappa shape index (κ1) is 8.52. The third-order valence-corrected chi connectivity index (χ3v) is 3.14. The molecule has 0 amide bonds. The zero-order valence-corrected chi connectivity index (χ0v) is 8.05. The van der Waals surface area contributed by atoms with Crippen molar-refractivity contribution in [1.29, 1.82) is 0 Å². The third kappa shape index (κ3) is 2.20. The summed E-state index contributed by atoms with van der Waals surface area (Å²) in [4.78, 5) is 2.57. The van der Waals surface area contributed by atoms with Crippen LogP contribution in [0.3, 0.4) is 0 Å². The van der Waals surface area contributed by atoms with E-state index in [1.165, 1.54) is 45.4 Å². The number of likely N-dealkylation sites (tertiary alicyclic amines) is 1. The molecule has 1 aliphatic heterocycles. The van der Waals surface area contributed by atoms with Crippen LogP contribution in [-0.4, -0.2) is 37.1 Å². The van der Waals surface area contributed by atoms with Gasteiger partial charge >= 0.3 is 0 Å². The van der Waals surface area contributed by atoms with Gasteiger partial charge in [-0.15, -0.1) is 0 Å². The molecule has 0 radical (unpaired) electrons. The van der Waals surface area contributed by atoms with Crippen LogP contribution in [0, 0.1) is 5.92 Å². The van der Waals surface area contributed by atoms with Gasteiger partial charge in [0.15, 0.2) is 0 Å². The van der Waals surface area contributed by atoms with Gasteiger partial charge in [0.2, 0.25) is 0 Å². The van der Waals surface area contributed by atoms with E-state index in [0.29, 0.717) is 0 Å². The lowest BCUT2D eigenvalue weighted by molar-refractivity contribution is 0.334. The molecule has 0 spiro atoms. The molecule has 2 atom stereocenters. The van der Waals surface area contributed by atoms with E-state index >= 15 is 0 Å². The van der Waals surface area contributed by atoms with Crippen LogP contribution >= 0.6 is 0 Å². The van der Waals surface area contributed by atoms with Crippen LogP contribution in [0.25, 0.3) is 0 Å². The van der Waals surface area contributed by atoms with Crippen LogP contribution in [0.2, 0.25) is 0 Å². The second kappa shape index (κ2) is 3.75. The Kier molecular flexibility index (Phi) is 2.66. The Labute approximate surface area is 75.3 Å². The monoisotopic (exact) mass is 168 g/mol. The standard InChI is InChI=1S/C10H20N2/c1-9-8-10(9)11-4-7-12-5-2-3-6-12/h9-11H,2-8H2,1H3. The van der Waals surface area contributed by atoms with E-state index in [4.69, 9.17) is 0 Å². The Bertz CT molecular complexity index is 141. The smallest absolute Gasteiger partial charge is 0.0107 e. The lowest BCUT2D eigenvalue weighted by Crippen LogP contribution is -2.31. The van der Waals surface area contributed by atoms with Crippen LogP contribution in [0.5, 0.6) is 0 Å². The highest BCUT2D eigenvalue weighted by molar-refractivity contribution is 4.89. The van der Waals surface area contributed by atoms with Crippen molar-refractivity contribution in [3.8, 4) is 0 Å². The fourth-order valence-corrected chi connectivity index (χ4v) is 2.02. The fraction of sp³-hybridized carbons (Fsp3) is 1.00. The minimum absolute atomic E-state index is 0.854. The molecule has 0 aromatic carbocycles. The molecule has 2 unspecified atom stereocenters. The van der Waals surface area contributed by atoms with Crippen LogP contribution in [-0.2, 0) is 0 Å². The normalized spacial score (nSPS) is 35.8. The average molecular weight is 168 g/mol. The molecule has 2 fully saturated rings. The maximum absolute atomic E-state index is 3.59. The van der Waals surface area contributed by atoms with Gasteiger partial charge in [-0.05, 0) is 38.3 Å². The SMILES string of the molecule is CC1CC1NCCN1CCCC1. The first-order valence-corrected chi connectivity index (χ1v) is 5.32. The van der Waals surface area contributed by atoms with Crippen LogP contribution < -0.4 is 5.32 Å². The molecule has 1 saturated heterocycles. The molecule has 1 heterocycles. The number of nitrogens with zero attached hydrogens (tertiary/aromatic N) is 1. The van der Waals surface area contributed by atoms with Crippen LogP contribution in [0.15, 0.2) is 0 Å². The Morgan fingerprint density at radius 1 is 1.33 bits per heavy atom. The molecule has 2 aliphatic rings. The number of hydrogen-bond donors (Lipinski definition) is 1. The van der Waals surface area contributed by atoms with E-state index in [9.17, 15) is 0 Å². The summed E-state index contributed by atoms with van der Waals surface area (Å²) in [5, 5.41) is 3.59. The van der Waals surface area contributed by atoms with Gasteiger partial charge in [-0.3, -0.25) is 0 Å². The Hall–Kier alpha value is -0.0800. The van der Waals surface area contributed by atoms with Gasteiger partial charge in [0.05, 0.1) is 0 Å². The van der Waals surface area contributed by atoms with Crippen molar-refractivity contribution < 1.29 is 0 Å². The first-order valence-electron chi connectivity index (χ1n) is 5.32. The van der Waals surface area contributed by atoms with Gasteiger partial charge in [0, 0.05) is 19.1 Å². The zero-order valence-electron chi connectivity index (χ0n) is 8.05. The maximum atomic E-state index is 3.59. The molecule has 0 aromatic rings. The third-order valence-electron chi connectivity index (χ3n) is 3.14. The van der Waals surface area contributed by atoms with Gasteiger partial charge in [-0.2, -0.15) is 0 Å². The van der Waals surface area contributed by atoms with Gasteiger partial charge < -0.3 is 10.2 Å². The average Bonchev–Trinajstić information content (AvgIpc) is 2.58. The van der Waals surface area contributed by atoms with Crippen molar-refractivity contribution >= 4 is 0 Å². The number of nitrogens with one attached hydrogen (secondary N) is 1. The van der Waals surface area contributed by atoms with Gasteiger partial charge in [0.25, 0.3) is 0 Å². The second-order valence-electron chi connectivity index (χ2n) is 4.32. The summed E-state index contributed by atoms with van der Waals surface area (Å²) in [6.07, 6.45) is 4.24. The first-order chi connectivity index (χ1) is 5.86. The summed E-state index contributed by atoms with van der Waals surface area (Å²) in [6.45, 7) is 7.47. The molecule has 1 aliphatic carbocycles. The summed E-state index contributed by atoms with van der Waals surface area (Å²) >= 11 is 0. The predicted molar refractivity (Wildman–Crippen MR) is 51.2 cm³/mol. The molecule has 12 heavy (non-hydrogen) atoms. The van der Waals surface area contributed by atoms with Crippen molar-refractivity contribution in [3.63, 3.8) is 0 Å². The van der Waals surface area contributed by atoms with Crippen molar-refractivity contribution in [2.45, 2.75) is 32.2 Å². The summed E-state index contributed by atoms with van der Waals surface area (Å²) in [5.74, 6) is 0.948. The van der Waals surface area contributed by atoms with E-state index in [1.807, 2.05) is 0 Å². The molecule has 70 valence electrons. The van der Waals surface area contributed by atoms with Gasteiger partial charge in [-0.1, -0.05) is 6.92 Å². The Balaban J connectivity index is 1.51. The second-order valence-corrected chi connectivity index (χ2v) is 4.32. The van der Waals surface area contributed by atoms with E-state index in [0.717, 1.165) is 12.0 Å². The highest BCUT2D eigenvalue weighted by atomic mass is 15.2. The molecule has 2 rings (SSSR count). The minimum atomic E-state index is 0.854. The largest absolute Gasteiger partial charge is 0.312 e. The summed E-state index contributed by atoms with van der Waals surface area (Å²) in [7, 11) is 0. The molecule has 0 bridgehead atoms. The van der Waals surface area contributed by atoms with Crippen molar-refractivity contribution in [2.24, 2.45) is 5.92 Å². The molecular formula is C10H20N2. The van der Waals surface area contributed by atoms with Crippen molar-refractivity contribution in [2.75, 3.05) is 26.2 Å². The Morgan fingerprint density at radius 2 is 2.00 bits per heavy atom. The number of rotatable bonds is 4. The fourth-order valence-electron chi connectivity index (χ4n) is 2.02. The quantitative estimate of drug-likeness (QED) is 0.676. The van der Waals surface area contributed by atoms with E-state index in [-0.39, 0.29) is 0 Å². The molecule has 0 aromatic heterocycles. The van der Waals surface area contributed by atoms with Crippen LogP contribution in [0.1, 0.15) is 26.2 Å². The van der Waals surface area contributed by atoms with Crippen molar-refractivity contribution in [3.05, 3.63) is 0 Å². The summed E-state index contributed by atoms with van der Waals surface area (Å²) in [5.41, 5.74) is 0. The lowest BCUT2D eigenvalue weighted by Gasteiger charge is -2.14. The maximum Gasteiger partial charge on any atom is 0.0107 e.